The topological polar surface area (TPSA) is 76.7 Å². The molecule has 0 aliphatic heterocycles. The minimum Gasteiger partial charge on any atom is -0.497 e. The third-order valence-electron chi connectivity index (χ3n) is 6.55. The van der Waals surface area contributed by atoms with Crippen LogP contribution in [0.2, 0.25) is 10.0 Å². The van der Waals surface area contributed by atoms with E-state index in [4.69, 9.17) is 32.7 Å². The zero-order valence-corrected chi connectivity index (χ0v) is 24.9. The fourth-order valence-electron chi connectivity index (χ4n) is 4.30. The number of benzene rings is 3. The van der Waals surface area contributed by atoms with Gasteiger partial charge in [0, 0.05) is 16.5 Å². The summed E-state index contributed by atoms with van der Waals surface area (Å²) in [6.07, 6.45) is -5.01. The van der Waals surface area contributed by atoms with Crippen LogP contribution in [0.5, 0.6) is 11.5 Å². The Morgan fingerprint density at radius 1 is 0.905 bits per heavy atom. The van der Waals surface area contributed by atoms with Gasteiger partial charge in [0.05, 0.1) is 19.2 Å². The number of hydrogen-bond donors (Lipinski definition) is 2. The van der Waals surface area contributed by atoms with Gasteiger partial charge in [-0.1, -0.05) is 61.3 Å². The van der Waals surface area contributed by atoms with Crippen molar-refractivity contribution in [3.63, 3.8) is 0 Å². The minimum atomic E-state index is -5.08. The van der Waals surface area contributed by atoms with Crippen LogP contribution in [0, 0.1) is 5.92 Å². The number of ketones is 1. The number of Topliss-reactive ketones (excluding diaryl/α,β-unsaturated/α-hetero) is 1. The molecule has 0 bridgehead atoms. The fraction of sp³-hybridized carbons (Fsp3) is 0.355. The van der Waals surface area contributed by atoms with Crippen LogP contribution >= 0.6 is 23.2 Å². The molecule has 0 radical (unpaired) electrons. The number of halogens is 5. The lowest BCUT2D eigenvalue weighted by Gasteiger charge is -2.26. The molecule has 0 aliphatic carbocycles. The Morgan fingerprint density at radius 3 is 2.12 bits per heavy atom. The fourth-order valence-corrected chi connectivity index (χ4v) is 4.64. The Bertz CT molecular complexity index is 1320. The van der Waals surface area contributed by atoms with Gasteiger partial charge in [0.1, 0.15) is 17.6 Å². The first kappa shape index (κ1) is 33.2. The second-order valence-electron chi connectivity index (χ2n) is 10.1. The van der Waals surface area contributed by atoms with E-state index in [2.05, 4.69) is 10.6 Å². The quantitative estimate of drug-likeness (QED) is 0.202. The van der Waals surface area contributed by atoms with Crippen LogP contribution in [0.25, 0.3) is 0 Å². The molecule has 226 valence electrons. The first-order valence-corrected chi connectivity index (χ1v) is 14.1. The number of carbonyl (C=O) groups excluding carboxylic acids is 2. The Kier molecular flexibility index (Phi) is 12.1. The molecule has 0 heterocycles. The van der Waals surface area contributed by atoms with Crippen LogP contribution in [-0.2, 0) is 16.0 Å². The molecule has 42 heavy (non-hydrogen) atoms. The molecule has 3 aromatic carbocycles. The van der Waals surface area contributed by atoms with Crippen LogP contribution < -0.4 is 20.1 Å². The Morgan fingerprint density at radius 2 is 1.55 bits per heavy atom. The first-order chi connectivity index (χ1) is 19.9. The molecule has 1 unspecified atom stereocenters. The number of hydrogen-bond acceptors (Lipinski definition) is 5. The first-order valence-electron chi connectivity index (χ1n) is 13.3. The summed E-state index contributed by atoms with van der Waals surface area (Å²) in [7, 11) is 1.57. The summed E-state index contributed by atoms with van der Waals surface area (Å²) in [6, 6.07) is 18.4. The van der Waals surface area contributed by atoms with Crippen LogP contribution in [0.4, 0.5) is 13.2 Å². The smallest absolute Gasteiger partial charge is 0.452 e. The molecule has 1 amide bonds. The number of methoxy groups -OCH3 is 1. The Hall–Kier alpha value is -3.27. The average molecular weight is 626 g/mol. The van der Waals surface area contributed by atoms with E-state index in [9.17, 15) is 22.8 Å². The summed E-state index contributed by atoms with van der Waals surface area (Å²) in [6.45, 7) is 3.14. The second-order valence-corrected chi connectivity index (χ2v) is 10.9. The summed E-state index contributed by atoms with van der Waals surface area (Å²) in [5.74, 6) is -2.24. The lowest BCUT2D eigenvalue weighted by Crippen LogP contribution is -2.55. The Labute approximate surface area is 253 Å². The molecule has 11 heteroatoms. The molecule has 0 spiro atoms. The highest BCUT2D eigenvalue weighted by molar-refractivity contribution is 6.30. The van der Waals surface area contributed by atoms with Gasteiger partial charge in [-0.2, -0.15) is 13.2 Å². The molecule has 0 aliphatic rings. The van der Waals surface area contributed by atoms with Crippen molar-refractivity contribution in [2.24, 2.45) is 5.92 Å². The van der Waals surface area contributed by atoms with Crippen molar-refractivity contribution < 1.29 is 32.2 Å². The maximum atomic E-state index is 13.3. The highest BCUT2D eigenvalue weighted by atomic mass is 35.5. The molecule has 0 fully saturated rings. The molecular formula is C31H33Cl2F3N2O4. The molecule has 3 atom stereocenters. The van der Waals surface area contributed by atoms with Crippen LogP contribution in [0.3, 0.4) is 0 Å². The zero-order chi connectivity index (χ0) is 30.9. The van der Waals surface area contributed by atoms with E-state index in [-0.39, 0.29) is 13.0 Å². The molecular weight excluding hydrogens is 592 g/mol. The largest absolute Gasteiger partial charge is 0.497 e. The van der Waals surface area contributed by atoms with E-state index in [1.54, 1.807) is 67.8 Å². The molecule has 3 aromatic rings. The van der Waals surface area contributed by atoms with Gasteiger partial charge in [0.25, 0.3) is 5.78 Å². The van der Waals surface area contributed by atoms with E-state index >= 15 is 0 Å². The van der Waals surface area contributed by atoms with E-state index in [1.165, 1.54) is 13.8 Å². The van der Waals surface area contributed by atoms with Gasteiger partial charge in [-0.05, 0) is 78.5 Å². The second kappa shape index (κ2) is 15.3. The van der Waals surface area contributed by atoms with Gasteiger partial charge >= 0.3 is 6.18 Å². The van der Waals surface area contributed by atoms with Crippen molar-refractivity contribution in [3.8, 4) is 11.5 Å². The number of rotatable bonds is 14. The number of carbonyl (C=O) groups is 2. The van der Waals surface area contributed by atoms with E-state index in [0.717, 1.165) is 5.56 Å². The van der Waals surface area contributed by atoms with E-state index in [0.29, 0.717) is 33.5 Å². The van der Waals surface area contributed by atoms with Crippen LogP contribution in [-0.4, -0.2) is 43.6 Å². The van der Waals surface area contributed by atoms with Gasteiger partial charge in [-0.3, -0.25) is 9.59 Å². The highest BCUT2D eigenvalue weighted by Crippen LogP contribution is 2.28. The van der Waals surface area contributed by atoms with E-state index in [1.807, 2.05) is 12.1 Å². The molecule has 2 N–H and O–H groups in total. The maximum Gasteiger partial charge on any atom is 0.452 e. The molecule has 3 rings (SSSR count). The predicted molar refractivity (Wildman–Crippen MR) is 157 cm³/mol. The van der Waals surface area contributed by atoms with Gasteiger partial charge in [0.2, 0.25) is 5.91 Å². The highest BCUT2D eigenvalue weighted by Gasteiger charge is 2.45. The lowest BCUT2D eigenvalue weighted by atomic mass is 9.98. The summed E-state index contributed by atoms with van der Waals surface area (Å²) < 4.78 is 51.2. The number of amides is 1. The standard InChI is InChI=1S/C31H33Cl2F3N2O4/c1-19(2)28(29(39)31(34,35)36)38-30(40)26(18-20-5-4-6-23(33)17-20)37-16-15-27(21-7-9-22(32)10-8-21)42-25-13-11-24(41-3)12-14-25/h4-14,17,19,26-28,37H,15-16,18H2,1-3H3,(H,38,40)/t26-,27?,28-/m0/s1. The van der Waals surface area contributed by atoms with Crippen molar-refractivity contribution in [1.29, 1.82) is 0 Å². The van der Waals surface area contributed by atoms with Gasteiger partial charge in [-0.15, -0.1) is 0 Å². The molecule has 0 saturated carbocycles. The summed E-state index contributed by atoms with van der Waals surface area (Å²) >= 11 is 12.2. The van der Waals surface area contributed by atoms with E-state index < -0.39 is 42.0 Å². The number of ether oxygens (including phenoxy) is 2. The van der Waals surface area contributed by atoms with Crippen molar-refractivity contribution in [2.75, 3.05) is 13.7 Å². The SMILES string of the molecule is COc1ccc(OC(CCN[C@@H](Cc2cccc(Cl)c2)C(=O)N[C@H](C(=O)C(F)(F)F)C(C)C)c2ccc(Cl)cc2)cc1. The molecule has 0 saturated heterocycles. The van der Waals surface area contributed by atoms with Gasteiger partial charge in [-0.25, -0.2) is 0 Å². The molecule has 0 aromatic heterocycles. The third-order valence-corrected chi connectivity index (χ3v) is 7.04. The zero-order valence-electron chi connectivity index (χ0n) is 23.4. The number of nitrogens with one attached hydrogen (secondary N) is 2. The van der Waals surface area contributed by atoms with Crippen LogP contribution in [0.1, 0.15) is 37.5 Å². The lowest BCUT2D eigenvalue weighted by molar-refractivity contribution is -0.175. The summed E-state index contributed by atoms with van der Waals surface area (Å²) in [5.41, 5.74) is 1.53. The van der Waals surface area contributed by atoms with Crippen molar-refractivity contribution in [1.82, 2.24) is 10.6 Å². The van der Waals surface area contributed by atoms with Crippen molar-refractivity contribution in [3.05, 3.63) is 94.0 Å². The van der Waals surface area contributed by atoms with Crippen LogP contribution in [0.15, 0.2) is 72.8 Å². The Balaban J connectivity index is 1.80. The molecule has 6 nitrogen and oxygen atoms in total. The minimum absolute atomic E-state index is 0.127. The summed E-state index contributed by atoms with van der Waals surface area (Å²) in [5, 5.41) is 6.49. The average Bonchev–Trinajstić information content (AvgIpc) is 2.94. The normalized spacial score (nSPS) is 13.7. The van der Waals surface area contributed by atoms with Crippen molar-refractivity contribution >= 4 is 34.9 Å². The monoisotopic (exact) mass is 624 g/mol. The van der Waals surface area contributed by atoms with Gasteiger partial charge in [0.15, 0.2) is 0 Å². The maximum absolute atomic E-state index is 13.3. The predicted octanol–water partition coefficient (Wildman–Crippen LogP) is 6.99. The van der Waals surface area contributed by atoms with Crippen molar-refractivity contribution in [2.45, 2.75) is 51.1 Å². The summed E-state index contributed by atoms with van der Waals surface area (Å²) in [4.78, 5) is 25.4. The number of alkyl halides is 3. The van der Waals surface area contributed by atoms with Gasteiger partial charge < -0.3 is 20.1 Å². The third kappa shape index (κ3) is 9.93.